The van der Waals surface area contributed by atoms with E-state index in [2.05, 4.69) is 27.4 Å². The van der Waals surface area contributed by atoms with Crippen LogP contribution in [0, 0.1) is 5.82 Å². The summed E-state index contributed by atoms with van der Waals surface area (Å²) in [7, 11) is 1.82. The Morgan fingerprint density at radius 3 is 2.66 bits per heavy atom. The van der Waals surface area contributed by atoms with Gasteiger partial charge in [-0.25, -0.2) is 4.39 Å². The highest BCUT2D eigenvalue weighted by Crippen LogP contribution is 2.34. The summed E-state index contributed by atoms with van der Waals surface area (Å²) in [6, 6.07) is 7.68. The quantitative estimate of drug-likeness (QED) is 0.541. The molecular weight excluding hydrogens is 367 g/mol. The Hall–Kier alpha value is -1.66. The van der Waals surface area contributed by atoms with Crippen molar-refractivity contribution >= 4 is 5.96 Å². The van der Waals surface area contributed by atoms with E-state index in [1.165, 1.54) is 37.8 Å². The van der Waals surface area contributed by atoms with Crippen molar-refractivity contribution in [3.05, 3.63) is 35.6 Å². The molecule has 2 N–H and O–H groups in total. The maximum absolute atomic E-state index is 13.4. The van der Waals surface area contributed by atoms with Crippen molar-refractivity contribution in [3.8, 4) is 0 Å². The average molecular weight is 405 g/mol. The second-order valence-electron chi connectivity index (χ2n) is 8.35. The van der Waals surface area contributed by atoms with Gasteiger partial charge in [-0.05, 0) is 56.3 Å². The van der Waals surface area contributed by atoms with Gasteiger partial charge in [0.25, 0.3) is 0 Å². The molecule has 1 aromatic rings. The number of benzene rings is 1. The Labute approximate surface area is 175 Å². The molecule has 0 saturated carbocycles. The van der Waals surface area contributed by atoms with E-state index in [9.17, 15) is 4.39 Å². The van der Waals surface area contributed by atoms with E-state index >= 15 is 0 Å². The Kier molecular flexibility index (Phi) is 8.30. The van der Waals surface area contributed by atoms with E-state index in [4.69, 9.17) is 4.74 Å². The zero-order chi connectivity index (χ0) is 20.5. The van der Waals surface area contributed by atoms with Crippen molar-refractivity contribution in [1.29, 1.82) is 0 Å². The van der Waals surface area contributed by atoms with E-state index < -0.39 is 0 Å². The summed E-state index contributed by atoms with van der Waals surface area (Å²) in [5.41, 5.74) is 1.12. The number of nitrogens with zero attached hydrogens (tertiary/aromatic N) is 2. The average Bonchev–Trinajstić information content (AvgIpc) is 2.77. The number of hydrogen-bond donors (Lipinski definition) is 2. The molecule has 2 fully saturated rings. The highest BCUT2D eigenvalue weighted by Gasteiger charge is 2.34. The fourth-order valence-corrected chi connectivity index (χ4v) is 4.74. The molecule has 1 atom stereocenters. The van der Waals surface area contributed by atoms with E-state index in [-0.39, 0.29) is 11.2 Å². The van der Waals surface area contributed by atoms with Crippen LogP contribution in [0.4, 0.5) is 4.39 Å². The van der Waals surface area contributed by atoms with Crippen LogP contribution in [0.25, 0.3) is 0 Å². The second kappa shape index (κ2) is 10.9. The van der Waals surface area contributed by atoms with Gasteiger partial charge in [0.1, 0.15) is 5.82 Å². The Morgan fingerprint density at radius 2 is 1.97 bits per heavy atom. The molecule has 0 amide bonds. The van der Waals surface area contributed by atoms with E-state index in [0.29, 0.717) is 0 Å². The third-order valence-corrected chi connectivity index (χ3v) is 6.64. The minimum absolute atomic E-state index is 0.0518. The molecule has 1 aromatic carbocycles. The minimum atomic E-state index is -0.190. The summed E-state index contributed by atoms with van der Waals surface area (Å²) in [4.78, 5) is 7.03. The number of ether oxygens (including phenoxy) is 1. The van der Waals surface area contributed by atoms with Gasteiger partial charge < -0.3 is 15.4 Å². The molecule has 1 unspecified atom stereocenters. The largest absolute Gasteiger partial charge is 0.381 e. The van der Waals surface area contributed by atoms with Gasteiger partial charge in [-0.15, -0.1) is 0 Å². The Bertz CT molecular complexity index is 643. The van der Waals surface area contributed by atoms with Crippen molar-refractivity contribution in [2.24, 2.45) is 4.99 Å². The van der Waals surface area contributed by atoms with Crippen molar-refractivity contribution < 1.29 is 9.13 Å². The lowest BCUT2D eigenvalue weighted by atomic mass is 9.74. The molecule has 2 saturated heterocycles. The van der Waals surface area contributed by atoms with Gasteiger partial charge in [0, 0.05) is 51.4 Å². The van der Waals surface area contributed by atoms with Gasteiger partial charge in [0.15, 0.2) is 5.96 Å². The summed E-state index contributed by atoms with van der Waals surface area (Å²) < 4.78 is 19.0. The molecule has 0 aliphatic carbocycles. The topological polar surface area (TPSA) is 48.9 Å². The molecule has 0 spiro atoms. The smallest absolute Gasteiger partial charge is 0.191 e. The van der Waals surface area contributed by atoms with Crippen LogP contribution >= 0.6 is 0 Å². The van der Waals surface area contributed by atoms with Crippen molar-refractivity contribution in [2.75, 3.05) is 46.4 Å². The fraction of sp³-hybridized carbons (Fsp3) is 0.696. The van der Waals surface area contributed by atoms with E-state index in [1.807, 2.05) is 19.2 Å². The highest BCUT2D eigenvalue weighted by molar-refractivity contribution is 5.79. The summed E-state index contributed by atoms with van der Waals surface area (Å²) in [5, 5.41) is 7.01. The molecule has 5 nitrogen and oxygen atoms in total. The summed E-state index contributed by atoms with van der Waals surface area (Å²) in [6.07, 6.45) is 7.08. The molecule has 6 heteroatoms. The van der Waals surface area contributed by atoms with Crippen molar-refractivity contribution in [1.82, 2.24) is 15.5 Å². The number of piperidine rings is 1. The second-order valence-corrected chi connectivity index (χ2v) is 8.35. The summed E-state index contributed by atoms with van der Waals surface area (Å²) in [5.74, 6) is 0.646. The first kappa shape index (κ1) is 22.0. The van der Waals surface area contributed by atoms with Gasteiger partial charge in [0.2, 0.25) is 0 Å². The van der Waals surface area contributed by atoms with Crippen LogP contribution in [0.1, 0.15) is 51.0 Å². The van der Waals surface area contributed by atoms with Crippen LogP contribution in [0.2, 0.25) is 0 Å². The number of likely N-dealkylation sites (tertiary alicyclic amines) is 1. The molecule has 162 valence electrons. The molecule has 0 radical (unpaired) electrons. The normalized spacial score (nSPS) is 23.0. The van der Waals surface area contributed by atoms with Crippen LogP contribution in [0.3, 0.4) is 0 Å². The molecule has 29 heavy (non-hydrogen) atoms. The van der Waals surface area contributed by atoms with Gasteiger partial charge >= 0.3 is 0 Å². The molecule has 2 aliphatic rings. The predicted molar refractivity (Wildman–Crippen MR) is 117 cm³/mol. The number of halogens is 1. The highest BCUT2D eigenvalue weighted by atomic mass is 19.1. The van der Waals surface area contributed by atoms with E-state index in [1.54, 1.807) is 12.1 Å². The van der Waals surface area contributed by atoms with Crippen LogP contribution in [0.15, 0.2) is 29.3 Å². The first-order valence-corrected chi connectivity index (χ1v) is 11.2. The maximum Gasteiger partial charge on any atom is 0.191 e. The molecule has 0 aromatic heterocycles. The molecule has 3 rings (SSSR count). The fourth-order valence-electron chi connectivity index (χ4n) is 4.74. The molecule has 2 heterocycles. The number of hydrogen-bond acceptors (Lipinski definition) is 3. The zero-order valence-electron chi connectivity index (χ0n) is 18.1. The van der Waals surface area contributed by atoms with Crippen molar-refractivity contribution in [2.45, 2.75) is 56.9 Å². The summed E-state index contributed by atoms with van der Waals surface area (Å²) in [6.45, 7) is 7.68. The molecule has 2 aliphatic heterocycles. The maximum atomic E-state index is 13.4. The standard InChI is InChI=1S/C23H37FN4O/c1-3-21-6-4-5-14-28(21)15-13-26-22(25-2)27-18-23(11-16-29-17-12-23)19-7-9-20(24)10-8-19/h7-10,21H,3-6,11-18H2,1-2H3,(H2,25,26,27). The third kappa shape index (κ3) is 5.92. The van der Waals surface area contributed by atoms with Gasteiger partial charge in [0.05, 0.1) is 0 Å². The predicted octanol–water partition coefficient (Wildman–Crippen LogP) is 3.30. The number of rotatable bonds is 7. The first-order chi connectivity index (χ1) is 14.2. The number of nitrogens with one attached hydrogen (secondary N) is 2. The van der Waals surface area contributed by atoms with Crippen LogP contribution in [-0.2, 0) is 10.2 Å². The van der Waals surface area contributed by atoms with Gasteiger partial charge in [-0.3, -0.25) is 9.89 Å². The monoisotopic (exact) mass is 404 g/mol. The van der Waals surface area contributed by atoms with Crippen LogP contribution < -0.4 is 10.6 Å². The van der Waals surface area contributed by atoms with E-state index in [0.717, 1.165) is 57.7 Å². The van der Waals surface area contributed by atoms with Gasteiger partial charge in [-0.2, -0.15) is 0 Å². The minimum Gasteiger partial charge on any atom is -0.381 e. The van der Waals surface area contributed by atoms with Gasteiger partial charge in [-0.1, -0.05) is 25.5 Å². The lowest BCUT2D eigenvalue weighted by Gasteiger charge is -2.38. The Morgan fingerprint density at radius 1 is 1.21 bits per heavy atom. The third-order valence-electron chi connectivity index (χ3n) is 6.64. The SMILES string of the molecule is CCC1CCCCN1CCNC(=NC)NCC1(c2ccc(F)cc2)CCOCC1. The Balaban J connectivity index is 1.54. The zero-order valence-corrected chi connectivity index (χ0v) is 18.1. The number of aliphatic imine (C=N–C) groups is 1. The lowest BCUT2D eigenvalue weighted by Crippen LogP contribution is -2.50. The molecular formula is C23H37FN4O. The lowest BCUT2D eigenvalue weighted by molar-refractivity contribution is 0.0513. The first-order valence-electron chi connectivity index (χ1n) is 11.2. The molecule has 0 bridgehead atoms. The van der Waals surface area contributed by atoms with Crippen LogP contribution in [-0.4, -0.2) is 63.3 Å². The van der Waals surface area contributed by atoms with Crippen molar-refractivity contribution in [3.63, 3.8) is 0 Å². The van der Waals surface area contributed by atoms with Crippen LogP contribution in [0.5, 0.6) is 0 Å². The number of guanidine groups is 1. The summed E-state index contributed by atoms with van der Waals surface area (Å²) >= 11 is 0.